The number of nitrogens with two attached hydrogens (primary N) is 1. The van der Waals surface area contributed by atoms with Crippen molar-refractivity contribution in [3.05, 3.63) is 53.9 Å². The summed E-state index contributed by atoms with van der Waals surface area (Å²) < 4.78 is 7.38. The molecule has 2 rings (SSSR count). The van der Waals surface area contributed by atoms with Gasteiger partial charge in [0.15, 0.2) is 0 Å². The molecule has 0 saturated carbocycles. The zero-order chi connectivity index (χ0) is 13.0. The minimum Gasteiger partial charge on any atom is -0.375 e. The summed E-state index contributed by atoms with van der Waals surface area (Å²) in [5.74, 6) is 5.68. The number of hydrazine groups is 1. The van der Waals surface area contributed by atoms with Crippen LogP contribution < -0.4 is 11.3 Å². The summed E-state index contributed by atoms with van der Waals surface area (Å²) in [5, 5.41) is 4.16. The van der Waals surface area contributed by atoms with Crippen molar-refractivity contribution in [3.8, 4) is 0 Å². The van der Waals surface area contributed by atoms with E-state index in [4.69, 9.17) is 10.6 Å². The van der Waals surface area contributed by atoms with Crippen LogP contribution in [0, 0.1) is 0 Å². The Hall–Kier alpha value is -1.69. The van der Waals surface area contributed by atoms with Crippen LogP contribution in [0.2, 0.25) is 0 Å². The molecular weight excluding hydrogens is 228 g/mol. The number of ether oxygens (including phenoxy) is 1. The van der Waals surface area contributed by atoms with E-state index in [9.17, 15) is 0 Å². The van der Waals surface area contributed by atoms with Gasteiger partial charge in [0.1, 0.15) is 6.10 Å². The lowest BCUT2D eigenvalue weighted by molar-refractivity contribution is 0.0650. The van der Waals surface area contributed by atoms with Crippen LogP contribution in [-0.2, 0) is 11.8 Å². The molecule has 3 N–H and O–H groups in total. The Kier molecular flexibility index (Phi) is 4.09. The van der Waals surface area contributed by atoms with E-state index < -0.39 is 0 Å². The van der Waals surface area contributed by atoms with E-state index in [1.165, 1.54) is 0 Å². The van der Waals surface area contributed by atoms with Crippen molar-refractivity contribution in [1.29, 1.82) is 0 Å². The third-order valence-corrected chi connectivity index (χ3v) is 3.04. The smallest absolute Gasteiger partial charge is 0.104 e. The quantitative estimate of drug-likeness (QED) is 0.616. The first kappa shape index (κ1) is 12.8. The lowest BCUT2D eigenvalue weighted by Crippen LogP contribution is -2.34. The molecule has 1 heterocycles. The molecule has 2 aromatic rings. The number of nitrogens with one attached hydrogen (secondary N) is 1. The Morgan fingerprint density at radius 3 is 2.50 bits per heavy atom. The number of aromatic nitrogens is 2. The van der Waals surface area contributed by atoms with Crippen LogP contribution in [0.25, 0.3) is 0 Å². The molecule has 96 valence electrons. The second-order valence-electron chi connectivity index (χ2n) is 4.09. The van der Waals surface area contributed by atoms with Crippen molar-refractivity contribution in [1.82, 2.24) is 15.2 Å². The molecule has 1 aromatic carbocycles. The Labute approximate surface area is 107 Å². The molecule has 0 bridgehead atoms. The third kappa shape index (κ3) is 2.43. The van der Waals surface area contributed by atoms with Gasteiger partial charge in [-0.25, -0.2) is 5.43 Å². The molecular formula is C13H18N4O. The maximum absolute atomic E-state index is 5.68. The highest BCUT2D eigenvalue weighted by Crippen LogP contribution is 2.30. The average molecular weight is 246 g/mol. The van der Waals surface area contributed by atoms with Gasteiger partial charge in [-0.3, -0.25) is 10.5 Å². The molecule has 0 spiro atoms. The maximum atomic E-state index is 5.68. The van der Waals surface area contributed by atoms with E-state index in [-0.39, 0.29) is 12.1 Å². The molecule has 5 nitrogen and oxygen atoms in total. The van der Waals surface area contributed by atoms with Crippen LogP contribution in [0.4, 0.5) is 0 Å². The number of hydrogen-bond acceptors (Lipinski definition) is 4. The second-order valence-corrected chi connectivity index (χ2v) is 4.09. The normalized spacial score (nSPS) is 14.4. The van der Waals surface area contributed by atoms with E-state index >= 15 is 0 Å². The van der Waals surface area contributed by atoms with Gasteiger partial charge in [-0.15, -0.1) is 0 Å². The number of methoxy groups -OCH3 is 1. The van der Waals surface area contributed by atoms with E-state index in [2.05, 4.69) is 10.5 Å². The van der Waals surface area contributed by atoms with Crippen LogP contribution in [-0.4, -0.2) is 16.9 Å². The van der Waals surface area contributed by atoms with Crippen molar-refractivity contribution >= 4 is 0 Å². The summed E-state index contributed by atoms with van der Waals surface area (Å²) in [6.45, 7) is 0. The van der Waals surface area contributed by atoms with Gasteiger partial charge in [0.25, 0.3) is 0 Å². The first-order valence-electron chi connectivity index (χ1n) is 5.79. The summed E-state index contributed by atoms with van der Waals surface area (Å²) in [5.41, 5.74) is 4.86. The standard InChI is InChI=1S/C13H18N4O/c1-17-11(8-9-15-17)12(16-14)13(18-2)10-6-4-3-5-7-10/h3-9,12-13,16H,14H2,1-2H3. The van der Waals surface area contributed by atoms with Gasteiger partial charge in [-0.1, -0.05) is 30.3 Å². The Bertz CT molecular complexity index is 483. The minimum atomic E-state index is -0.161. The molecule has 5 heteroatoms. The fourth-order valence-corrected chi connectivity index (χ4v) is 2.12. The van der Waals surface area contributed by atoms with Crippen molar-refractivity contribution in [2.24, 2.45) is 12.9 Å². The van der Waals surface area contributed by atoms with Crippen molar-refractivity contribution in [2.45, 2.75) is 12.1 Å². The monoisotopic (exact) mass is 246 g/mol. The van der Waals surface area contributed by atoms with Gasteiger partial charge < -0.3 is 4.74 Å². The lowest BCUT2D eigenvalue weighted by atomic mass is 10.00. The van der Waals surface area contributed by atoms with Gasteiger partial charge in [0, 0.05) is 20.4 Å². The zero-order valence-corrected chi connectivity index (χ0v) is 10.6. The lowest BCUT2D eigenvalue weighted by Gasteiger charge is -2.25. The molecule has 2 atom stereocenters. The fourth-order valence-electron chi connectivity index (χ4n) is 2.12. The predicted molar refractivity (Wildman–Crippen MR) is 69.5 cm³/mol. The average Bonchev–Trinajstić information content (AvgIpc) is 2.83. The fraction of sp³-hybridized carbons (Fsp3) is 0.308. The van der Waals surface area contributed by atoms with Gasteiger partial charge in [0.2, 0.25) is 0 Å². The highest BCUT2D eigenvalue weighted by atomic mass is 16.5. The first-order chi connectivity index (χ1) is 8.77. The topological polar surface area (TPSA) is 65.1 Å². The summed E-state index contributed by atoms with van der Waals surface area (Å²) in [7, 11) is 3.57. The van der Waals surface area contributed by atoms with Crippen LogP contribution in [0.5, 0.6) is 0 Å². The Morgan fingerprint density at radius 1 is 1.28 bits per heavy atom. The molecule has 18 heavy (non-hydrogen) atoms. The third-order valence-electron chi connectivity index (χ3n) is 3.04. The molecule has 0 aliphatic heterocycles. The maximum Gasteiger partial charge on any atom is 0.104 e. The molecule has 0 amide bonds. The Morgan fingerprint density at radius 2 is 2.00 bits per heavy atom. The molecule has 0 aliphatic carbocycles. The molecule has 2 unspecified atom stereocenters. The number of nitrogens with zero attached hydrogens (tertiary/aromatic N) is 2. The second kappa shape index (κ2) is 5.77. The minimum absolute atomic E-state index is 0.148. The van der Waals surface area contributed by atoms with Crippen molar-refractivity contribution in [2.75, 3.05) is 7.11 Å². The first-order valence-corrected chi connectivity index (χ1v) is 5.79. The molecule has 0 aliphatic rings. The summed E-state index contributed by atoms with van der Waals surface area (Å²) >= 11 is 0. The van der Waals surface area contributed by atoms with Gasteiger partial charge >= 0.3 is 0 Å². The van der Waals surface area contributed by atoms with E-state index in [1.54, 1.807) is 18.0 Å². The predicted octanol–water partition coefficient (Wildman–Crippen LogP) is 1.31. The largest absolute Gasteiger partial charge is 0.375 e. The Balaban J connectivity index is 2.34. The van der Waals surface area contributed by atoms with Crippen LogP contribution >= 0.6 is 0 Å². The van der Waals surface area contributed by atoms with E-state index in [0.29, 0.717) is 0 Å². The summed E-state index contributed by atoms with van der Waals surface area (Å²) in [6, 6.07) is 11.8. The van der Waals surface area contributed by atoms with Crippen LogP contribution in [0.1, 0.15) is 23.4 Å². The van der Waals surface area contributed by atoms with Gasteiger partial charge in [-0.05, 0) is 11.6 Å². The van der Waals surface area contributed by atoms with Crippen LogP contribution in [0.15, 0.2) is 42.6 Å². The highest BCUT2D eigenvalue weighted by molar-refractivity contribution is 5.22. The van der Waals surface area contributed by atoms with Crippen molar-refractivity contribution in [3.63, 3.8) is 0 Å². The van der Waals surface area contributed by atoms with Crippen LogP contribution in [0.3, 0.4) is 0 Å². The van der Waals surface area contributed by atoms with Gasteiger partial charge in [-0.2, -0.15) is 5.10 Å². The molecule has 0 fully saturated rings. The van der Waals surface area contributed by atoms with E-state index in [0.717, 1.165) is 11.3 Å². The summed E-state index contributed by atoms with van der Waals surface area (Å²) in [6.07, 6.45) is 1.59. The molecule has 0 saturated heterocycles. The van der Waals surface area contributed by atoms with Gasteiger partial charge in [0.05, 0.1) is 11.7 Å². The highest BCUT2D eigenvalue weighted by Gasteiger charge is 2.25. The number of rotatable bonds is 5. The number of hydrogen-bond donors (Lipinski definition) is 2. The van der Waals surface area contributed by atoms with E-state index in [1.807, 2.05) is 43.4 Å². The SMILES string of the molecule is COC(c1ccccc1)C(NN)c1ccnn1C. The summed E-state index contributed by atoms with van der Waals surface area (Å²) in [4.78, 5) is 0. The number of aryl methyl sites for hydroxylation is 1. The zero-order valence-electron chi connectivity index (χ0n) is 10.6. The number of benzene rings is 1. The molecule has 0 radical (unpaired) electrons. The van der Waals surface area contributed by atoms with Crippen molar-refractivity contribution < 1.29 is 4.74 Å². The molecule has 1 aromatic heterocycles.